The molecule has 0 radical (unpaired) electrons. The van der Waals surface area contributed by atoms with Crippen LogP contribution in [0.2, 0.25) is 5.02 Å². The molecule has 0 spiro atoms. The van der Waals surface area contributed by atoms with Crippen LogP contribution in [0.15, 0.2) is 24.3 Å². The molecule has 3 rings (SSSR count). The highest BCUT2D eigenvalue weighted by Crippen LogP contribution is 2.33. The lowest BCUT2D eigenvalue weighted by atomic mass is 10.2. The normalized spacial score (nSPS) is 13.6. The number of amides is 2. The summed E-state index contributed by atoms with van der Waals surface area (Å²) >= 11 is 7.27. The van der Waals surface area contributed by atoms with Crippen molar-refractivity contribution in [3.63, 3.8) is 0 Å². The van der Waals surface area contributed by atoms with Crippen LogP contribution < -0.4 is 5.32 Å². The molecule has 1 fully saturated rings. The number of carbonyl (C=O) groups is 2. The standard InChI is InChI=1S/C18H18ClFN2O2S/c1-10-8-15(21-17(23)11-6-7-11)25-16(10)18(24)22(2)9-12-13(19)4-3-5-14(12)20/h3-5,8,11H,6-7,9H2,1-2H3,(H,21,23). The molecule has 0 bridgehead atoms. The molecule has 0 saturated heterocycles. The topological polar surface area (TPSA) is 49.4 Å². The van der Waals surface area contributed by atoms with Gasteiger partial charge in [-0.1, -0.05) is 17.7 Å². The van der Waals surface area contributed by atoms with E-state index in [-0.39, 0.29) is 29.8 Å². The fourth-order valence-electron chi connectivity index (χ4n) is 2.49. The largest absolute Gasteiger partial charge is 0.337 e. The number of aryl methyl sites for hydroxylation is 1. The van der Waals surface area contributed by atoms with Crippen LogP contribution in [-0.4, -0.2) is 23.8 Å². The first-order valence-corrected chi connectivity index (χ1v) is 9.16. The molecule has 132 valence electrons. The molecule has 1 aliphatic carbocycles. The molecule has 2 aromatic rings. The van der Waals surface area contributed by atoms with Gasteiger partial charge in [-0.3, -0.25) is 9.59 Å². The van der Waals surface area contributed by atoms with Crippen LogP contribution >= 0.6 is 22.9 Å². The molecule has 0 unspecified atom stereocenters. The highest BCUT2D eigenvalue weighted by molar-refractivity contribution is 7.18. The average molecular weight is 381 g/mol. The minimum Gasteiger partial charge on any atom is -0.337 e. The molecule has 2 amide bonds. The van der Waals surface area contributed by atoms with Gasteiger partial charge in [-0.2, -0.15) is 0 Å². The van der Waals surface area contributed by atoms with E-state index >= 15 is 0 Å². The third kappa shape index (κ3) is 4.02. The predicted octanol–water partition coefficient (Wildman–Crippen LogP) is 4.47. The monoisotopic (exact) mass is 380 g/mol. The van der Waals surface area contributed by atoms with Gasteiger partial charge >= 0.3 is 0 Å². The Kier molecular flexibility index (Phi) is 5.11. The number of rotatable bonds is 5. The van der Waals surface area contributed by atoms with Crippen molar-refractivity contribution in [3.05, 3.63) is 51.1 Å². The Hall–Kier alpha value is -1.92. The van der Waals surface area contributed by atoms with Crippen molar-refractivity contribution in [1.82, 2.24) is 4.90 Å². The summed E-state index contributed by atoms with van der Waals surface area (Å²) in [5.74, 6) is -0.555. The first-order chi connectivity index (χ1) is 11.9. The Morgan fingerprint density at radius 1 is 1.40 bits per heavy atom. The maximum absolute atomic E-state index is 13.9. The molecule has 1 N–H and O–H groups in total. The van der Waals surface area contributed by atoms with Gasteiger partial charge in [-0.25, -0.2) is 4.39 Å². The SMILES string of the molecule is Cc1cc(NC(=O)C2CC2)sc1C(=O)N(C)Cc1c(F)cccc1Cl. The van der Waals surface area contributed by atoms with Crippen molar-refractivity contribution in [2.45, 2.75) is 26.3 Å². The Morgan fingerprint density at radius 3 is 2.76 bits per heavy atom. The van der Waals surface area contributed by atoms with Crippen LogP contribution in [0.1, 0.15) is 33.6 Å². The van der Waals surface area contributed by atoms with Gasteiger partial charge in [0.1, 0.15) is 5.82 Å². The summed E-state index contributed by atoms with van der Waals surface area (Å²) in [7, 11) is 1.60. The van der Waals surface area contributed by atoms with Gasteiger partial charge in [0.15, 0.2) is 0 Å². The van der Waals surface area contributed by atoms with Gasteiger partial charge < -0.3 is 10.2 Å². The zero-order chi connectivity index (χ0) is 18.1. The van der Waals surface area contributed by atoms with Crippen LogP contribution in [-0.2, 0) is 11.3 Å². The number of carbonyl (C=O) groups excluding carboxylic acids is 2. The second-order valence-electron chi connectivity index (χ2n) is 6.25. The van der Waals surface area contributed by atoms with Crippen molar-refractivity contribution in [2.75, 3.05) is 12.4 Å². The van der Waals surface area contributed by atoms with E-state index in [1.807, 2.05) is 6.92 Å². The van der Waals surface area contributed by atoms with E-state index in [9.17, 15) is 14.0 Å². The zero-order valence-electron chi connectivity index (χ0n) is 13.9. The molecule has 1 heterocycles. The van der Waals surface area contributed by atoms with E-state index in [2.05, 4.69) is 5.32 Å². The molecule has 1 saturated carbocycles. The summed E-state index contributed by atoms with van der Waals surface area (Å²) < 4.78 is 13.9. The summed E-state index contributed by atoms with van der Waals surface area (Å²) in [4.78, 5) is 26.5. The minimum atomic E-state index is -0.438. The Balaban J connectivity index is 1.73. The molecule has 0 atom stereocenters. The highest BCUT2D eigenvalue weighted by Gasteiger charge is 2.30. The first-order valence-electron chi connectivity index (χ1n) is 7.96. The molecular formula is C18H18ClFN2O2S. The molecular weight excluding hydrogens is 363 g/mol. The molecule has 25 heavy (non-hydrogen) atoms. The fourth-order valence-corrected chi connectivity index (χ4v) is 3.78. The van der Waals surface area contributed by atoms with Gasteiger partial charge in [0.25, 0.3) is 5.91 Å². The minimum absolute atomic E-state index is 0.00624. The maximum Gasteiger partial charge on any atom is 0.264 e. The van der Waals surface area contributed by atoms with Crippen molar-refractivity contribution < 1.29 is 14.0 Å². The van der Waals surface area contributed by atoms with Crippen LogP contribution in [0.25, 0.3) is 0 Å². The third-order valence-electron chi connectivity index (χ3n) is 4.11. The molecule has 7 heteroatoms. The zero-order valence-corrected chi connectivity index (χ0v) is 15.5. The number of halogens is 2. The number of thiophene rings is 1. The Morgan fingerprint density at radius 2 is 2.12 bits per heavy atom. The summed E-state index contributed by atoms with van der Waals surface area (Å²) in [6, 6.07) is 6.24. The second-order valence-corrected chi connectivity index (χ2v) is 7.71. The van der Waals surface area contributed by atoms with E-state index in [1.54, 1.807) is 19.2 Å². The summed E-state index contributed by atoms with van der Waals surface area (Å²) in [6.45, 7) is 1.89. The predicted molar refractivity (Wildman–Crippen MR) is 97.6 cm³/mol. The number of nitrogens with zero attached hydrogens (tertiary/aromatic N) is 1. The highest BCUT2D eigenvalue weighted by atomic mass is 35.5. The number of benzene rings is 1. The van der Waals surface area contributed by atoms with Gasteiger partial charge in [-0.15, -0.1) is 11.3 Å². The molecule has 4 nitrogen and oxygen atoms in total. The third-order valence-corrected chi connectivity index (χ3v) is 5.60. The van der Waals surface area contributed by atoms with E-state index in [0.29, 0.717) is 14.9 Å². The van der Waals surface area contributed by atoms with E-state index in [4.69, 9.17) is 11.6 Å². The molecule has 1 aliphatic rings. The first kappa shape index (κ1) is 17.9. The Labute approximate surface area is 154 Å². The number of hydrogen-bond acceptors (Lipinski definition) is 3. The van der Waals surface area contributed by atoms with E-state index in [0.717, 1.165) is 18.4 Å². The lowest BCUT2D eigenvalue weighted by Crippen LogP contribution is -2.26. The van der Waals surface area contributed by atoms with Crippen LogP contribution in [0, 0.1) is 18.7 Å². The van der Waals surface area contributed by atoms with Crippen LogP contribution in [0.5, 0.6) is 0 Å². The molecule has 0 aliphatic heterocycles. The van der Waals surface area contributed by atoms with Gasteiger partial charge in [-0.05, 0) is 43.5 Å². The number of hydrogen-bond donors (Lipinski definition) is 1. The maximum atomic E-state index is 13.9. The summed E-state index contributed by atoms with van der Waals surface area (Å²) in [5.41, 5.74) is 1.07. The summed E-state index contributed by atoms with van der Waals surface area (Å²) in [5, 5.41) is 3.81. The lowest BCUT2D eigenvalue weighted by molar-refractivity contribution is -0.117. The van der Waals surface area contributed by atoms with Gasteiger partial charge in [0.05, 0.1) is 16.4 Å². The van der Waals surface area contributed by atoms with Crippen LogP contribution in [0.4, 0.5) is 9.39 Å². The van der Waals surface area contributed by atoms with Crippen molar-refractivity contribution in [2.24, 2.45) is 5.92 Å². The Bertz CT molecular complexity index is 812. The lowest BCUT2D eigenvalue weighted by Gasteiger charge is -2.18. The molecule has 1 aromatic carbocycles. The van der Waals surface area contributed by atoms with Crippen LogP contribution in [0.3, 0.4) is 0 Å². The van der Waals surface area contributed by atoms with Crippen molar-refractivity contribution in [1.29, 1.82) is 0 Å². The van der Waals surface area contributed by atoms with Crippen molar-refractivity contribution >= 4 is 39.8 Å². The van der Waals surface area contributed by atoms with Gasteiger partial charge in [0, 0.05) is 23.6 Å². The second kappa shape index (κ2) is 7.14. The molecule has 1 aromatic heterocycles. The smallest absolute Gasteiger partial charge is 0.264 e. The number of anilines is 1. The average Bonchev–Trinajstić information content (AvgIpc) is 3.34. The van der Waals surface area contributed by atoms with E-state index < -0.39 is 5.82 Å². The van der Waals surface area contributed by atoms with E-state index in [1.165, 1.54) is 28.4 Å². The summed E-state index contributed by atoms with van der Waals surface area (Å²) in [6.07, 6.45) is 1.85. The quantitative estimate of drug-likeness (QED) is 0.831. The van der Waals surface area contributed by atoms with Crippen molar-refractivity contribution in [3.8, 4) is 0 Å². The number of nitrogens with one attached hydrogen (secondary N) is 1. The fraction of sp³-hybridized carbons (Fsp3) is 0.333. The van der Waals surface area contributed by atoms with Gasteiger partial charge in [0.2, 0.25) is 5.91 Å².